The molecule has 0 aliphatic carbocycles. The minimum Gasteiger partial charge on any atom is -0.392 e. The smallest absolute Gasteiger partial charge is 0.182 e. The Morgan fingerprint density at radius 1 is 0.909 bits per heavy atom. The molecule has 0 amide bonds. The van der Waals surface area contributed by atoms with Crippen molar-refractivity contribution in [2.45, 2.75) is 11.5 Å². The number of aliphatic hydroxyl groups is 1. The quantitative estimate of drug-likeness (QED) is 0.119. The van der Waals surface area contributed by atoms with Gasteiger partial charge in [0, 0.05) is 17.6 Å². The van der Waals surface area contributed by atoms with E-state index in [1.807, 2.05) is 82.9 Å². The maximum Gasteiger partial charge on any atom is 0.182 e. The Labute approximate surface area is 204 Å². The Balaban J connectivity index is 0.000000172. The zero-order valence-corrected chi connectivity index (χ0v) is 20.4. The van der Waals surface area contributed by atoms with Crippen molar-refractivity contribution in [3.63, 3.8) is 0 Å². The van der Waals surface area contributed by atoms with Crippen LogP contribution in [0, 0.1) is 9.54 Å². The van der Waals surface area contributed by atoms with Gasteiger partial charge in [-0.3, -0.25) is 4.57 Å². The second-order valence-corrected chi connectivity index (χ2v) is 8.64. The van der Waals surface area contributed by atoms with Crippen molar-refractivity contribution >= 4 is 58.5 Å². The number of aromatic amines is 2. The molecule has 0 radical (unpaired) electrons. The van der Waals surface area contributed by atoms with Crippen LogP contribution in [-0.2, 0) is 22.9 Å². The molecule has 3 N–H and O–H groups in total. The summed E-state index contributed by atoms with van der Waals surface area (Å²) in [5.41, 5.74) is 5.95. The number of rotatable bonds is 5. The van der Waals surface area contributed by atoms with Gasteiger partial charge < -0.3 is 19.6 Å². The molecule has 170 valence electrons. The summed E-state index contributed by atoms with van der Waals surface area (Å²) in [5.74, 6) is 0. The molecule has 0 atom stereocenters. The number of hydrogen-bond donors (Lipinski definition) is 3. The minimum absolute atomic E-state index is 0.0609. The van der Waals surface area contributed by atoms with E-state index in [0.717, 1.165) is 50.3 Å². The highest BCUT2D eigenvalue weighted by Crippen LogP contribution is 2.26. The lowest BCUT2D eigenvalue weighted by Crippen LogP contribution is -1.92. The van der Waals surface area contributed by atoms with Gasteiger partial charge in [-0.2, -0.15) is 4.33 Å². The SMILES string of the molecule is COOSc1ccc2c(c1)[nH]c(=S)n2-c1ccccc1.Cn1c(=S)[nH]c2cc(CO)ccc21. The third-order valence-corrected chi connectivity index (χ3v) is 6.33. The van der Waals surface area contributed by atoms with Crippen molar-refractivity contribution in [1.29, 1.82) is 0 Å². The number of nitrogens with zero attached hydrogens (tertiary/aromatic N) is 2. The molecule has 0 saturated carbocycles. The second kappa shape index (κ2) is 10.5. The molecule has 0 spiro atoms. The van der Waals surface area contributed by atoms with E-state index in [-0.39, 0.29) is 6.61 Å². The number of nitrogens with one attached hydrogen (secondary N) is 2. The highest BCUT2D eigenvalue weighted by molar-refractivity contribution is 7.94. The van der Waals surface area contributed by atoms with Crippen LogP contribution in [-0.4, -0.2) is 31.3 Å². The van der Waals surface area contributed by atoms with Gasteiger partial charge in [-0.05, 0) is 72.5 Å². The molecule has 3 aromatic carbocycles. The fourth-order valence-corrected chi connectivity index (χ4v) is 4.39. The molecule has 7 nitrogen and oxygen atoms in total. The number of benzene rings is 3. The molecule has 33 heavy (non-hydrogen) atoms. The number of H-pyrrole nitrogens is 2. The summed E-state index contributed by atoms with van der Waals surface area (Å²) in [6, 6.07) is 21.7. The summed E-state index contributed by atoms with van der Waals surface area (Å²) < 4.78 is 10.1. The summed E-state index contributed by atoms with van der Waals surface area (Å²) in [6.45, 7) is 0.0609. The summed E-state index contributed by atoms with van der Waals surface area (Å²) in [6.07, 6.45) is 0. The van der Waals surface area contributed by atoms with Gasteiger partial charge in [0.15, 0.2) is 9.54 Å². The van der Waals surface area contributed by atoms with Crippen LogP contribution in [0.15, 0.2) is 71.6 Å². The summed E-state index contributed by atoms with van der Waals surface area (Å²) in [4.78, 5) is 11.8. The van der Waals surface area contributed by atoms with E-state index in [9.17, 15) is 0 Å². The molecule has 2 heterocycles. The van der Waals surface area contributed by atoms with Crippen LogP contribution >= 0.6 is 36.5 Å². The number of aryl methyl sites for hydroxylation is 1. The molecule has 0 fully saturated rings. The van der Waals surface area contributed by atoms with Crippen LogP contribution in [0.3, 0.4) is 0 Å². The lowest BCUT2D eigenvalue weighted by atomic mass is 10.2. The summed E-state index contributed by atoms with van der Waals surface area (Å²) in [5, 5.41) is 8.93. The van der Waals surface area contributed by atoms with Gasteiger partial charge in [-0.25, -0.2) is 4.89 Å². The molecule has 0 saturated heterocycles. The molecule has 0 bridgehead atoms. The van der Waals surface area contributed by atoms with E-state index in [1.165, 1.54) is 7.11 Å². The van der Waals surface area contributed by atoms with E-state index >= 15 is 0 Å². The molecule has 10 heteroatoms. The maximum atomic E-state index is 8.93. The van der Waals surface area contributed by atoms with Crippen molar-refractivity contribution in [3.05, 3.63) is 81.8 Å². The third kappa shape index (κ3) is 5.11. The first kappa shape index (κ1) is 23.4. The minimum atomic E-state index is 0.0609. The van der Waals surface area contributed by atoms with E-state index in [4.69, 9.17) is 33.9 Å². The van der Waals surface area contributed by atoms with Crippen LogP contribution in [0.4, 0.5) is 0 Å². The van der Waals surface area contributed by atoms with Crippen LogP contribution < -0.4 is 0 Å². The van der Waals surface area contributed by atoms with Crippen LogP contribution in [0.25, 0.3) is 27.8 Å². The number of imidazole rings is 2. The molecule has 5 rings (SSSR count). The summed E-state index contributed by atoms with van der Waals surface area (Å²) >= 11 is 11.6. The fourth-order valence-electron chi connectivity index (χ4n) is 3.43. The van der Waals surface area contributed by atoms with Crippen molar-refractivity contribution in [3.8, 4) is 5.69 Å². The van der Waals surface area contributed by atoms with Crippen molar-refractivity contribution < 1.29 is 14.3 Å². The van der Waals surface area contributed by atoms with Gasteiger partial charge in [0.25, 0.3) is 0 Å². The fraction of sp³-hybridized carbons (Fsp3) is 0.130. The Morgan fingerprint density at radius 3 is 2.33 bits per heavy atom. The van der Waals surface area contributed by atoms with Crippen LogP contribution in [0.2, 0.25) is 0 Å². The lowest BCUT2D eigenvalue weighted by Gasteiger charge is -2.04. The van der Waals surface area contributed by atoms with E-state index in [2.05, 4.69) is 14.9 Å². The zero-order valence-electron chi connectivity index (χ0n) is 17.9. The van der Waals surface area contributed by atoms with E-state index < -0.39 is 0 Å². The molecule has 0 aliphatic rings. The largest absolute Gasteiger partial charge is 0.392 e. The van der Waals surface area contributed by atoms with Gasteiger partial charge in [0.2, 0.25) is 0 Å². The highest BCUT2D eigenvalue weighted by Gasteiger charge is 2.07. The third-order valence-electron chi connectivity index (χ3n) is 5.02. The van der Waals surface area contributed by atoms with Gasteiger partial charge in [0.05, 0.1) is 47.8 Å². The molecule has 5 aromatic rings. The van der Waals surface area contributed by atoms with Crippen LogP contribution in [0.1, 0.15) is 5.56 Å². The monoisotopic (exact) mass is 498 g/mol. The predicted octanol–water partition coefficient (Wildman–Crippen LogP) is 6.00. The number of aromatic nitrogens is 4. The molecule has 0 unspecified atom stereocenters. The maximum absolute atomic E-state index is 8.93. The van der Waals surface area contributed by atoms with Crippen LogP contribution in [0.5, 0.6) is 0 Å². The Bertz CT molecular complexity index is 1500. The number of aliphatic hydroxyl groups excluding tert-OH is 1. The molecular formula is C23H22N4O3S3. The molecule has 2 aromatic heterocycles. The Morgan fingerprint density at radius 2 is 1.61 bits per heavy atom. The summed E-state index contributed by atoms with van der Waals surface area (Å²) in [7, 11) is 3.39. The van der Waals surface area contributed by atoms with Gasteiger partial charge >= 0.3 is 0 Å². The molecular weight excluding hydrogens is 476 g/mol. The number of hydrogen-bond acceptors (Lipinski definition) is 6. The van der Waals surface area contributed by atoms with Gasteiger partial charge in [-0.1, -0.05) is 24.3 Å². The standard InChI is InChI=1S/C14H12N2O2S2.C9H10N2OS/c1-17-18-20-11-7-8-13-12(9-11)15-14(19)16(13)10-5-3-2-4-6-10;1-11-8-3-2-6(5-12)4-7(8)10-9(11)13/h2-9H,1H3,(H,15,19);2-4,12H,5H2,1H3,(H,10,13). The second-order valence-electron chi connectivity index (χ2n) is 7.10. The lowest BCUT2D eigenvalue weighted by molar-refractivity contribution is -0.160. The zero-order chi connectivity index (χ0) is 23.4. The first-order chi connectivity index (χ1) is 16.0. The average Bonchev–Trinajstić information content (AvgIpc) is 3.32. The van der Waals surface area contributed by atoms with E-state index in [0.29, 0.717) is 9.54 Å². The predicted molar refractivity (Wildman–Crippen MR) is 136 cm³/mol. The molecule has 0 aliphatic heterocycles. The normalized spacial score (nSPS) is 11.0. The van der Waals surface area contributed by atoms with E-state index in [1.54, 1.807) is 0 Å². The number of fused-ring (bicyclic) bond motifs is 2. The highest BCUT2D eigenvalue weighted by atomic mass is 32.2. The van der Waals surface area contributed by atoms with Gasteiger partial charge in [0.1, 0.15) is 0 Å². The Hall–Kier alpha value is -2.73. The van der Waals surface area contributed by atoms with Crippen molar-refractivity contribution in [2.24, 2.45) is 7.05 Å². The first-order valence-corrected chi connectivity index (χ1v) is 11.5. The average molecular weight is 499 g/mol. The Kier molecular flexibility index (Phi) is 7.43. The van der Waals surface area contributed by atoms with Crippen molar-refractivity contribution in [1.82, 2.24) is 19.1 Å². The topological polar surface area (TPSA) is 80.1 Å². The number of para-hydroxylation sites is 1. The van der Waals surface area contributed by atoms with Crippen molar-refractivity contribution in [2.75, 3.05) is 7.11 Å². The van der Waals surface area contributed by atoms with Gasteiger partial charge in [-0.15, -0.1) is 0 Å². The first-order valence-electron chi connectivity index (χ1n) is 9.98.